The molecule has 0 saturated carbocycles. The van der Waals surface area contributed by atoms with Crippen molar-refractivity contribution in [1.29, 1.82) is 0 Å². The molecule has 0 aromatic heterocycles. The quantitative estimate of drug-likeness (QED) is 0.623. The zero-order chi connectivity index (χ0) is 19.4. The van der Waals surface area contributed by atoms with Gasteiger partial charge in [0.2, 0.25) is 0 Å². The van der Waals surface area contributed by atoms with Crippen LogP contribution in [-0.2, 0) is 6.54 Å². The lowest BCUT2D eigenvalue weighted by Crippen LogP contribution is -2.23. The summed E-state index contributed by atoms with van der Waals surface area (Å²) in [6.07, 6.45) is 2.26. The zero-order valence-electron chi connectivity index (χ0n) is 16.3. The van der Waals surface area contributed by atoms with Gasteiger partial charge < -0.3 is 18.9 Å². The van der Waals surface area contributed by atoms with Crippen LogP contribution in [0.25, 0.3) is 0 Å². The van der Waals surface area contributed by atoms with E-state index in [0.29, 0.717) is 6.04 Å². The van der Waals surface area contributed by atoms with Crippen LogP contribution in [0.3, 0.4) is 0 Å². The molecule has 1 atom stereocenters. The van der Waals surface area contributed by atoms with Gasteiger partial charge in [-0.25, -0.2) is 0 Å². The third-order valence-electron chi connectivity index (χ3n) is 5.09. The van der Waals surface area contributed by atoms with Crippen LogP contribution in [0.5, 0.6) is 23.0 Å². The van der Waals surface area contributed by atoms with E-state index in [0.717, 1.165) is 53.4 Å². The summed E-state index contributed by atoms with van der Waals surface area (Å²) in [5.41, 5.74) is 2.37. The van der Waals surface area contributed by atoms with Crippen molar-refractivity contribution in [1.82, 2.24) is 4.90 Å². The van der Waals surface area contributed by atoms with Crippen molar-refractivity contribution in [2.45, 2.75) is 25.4 Å². The van der Waals surface area contributed by atoms with E-state index in [-0.39, 0.29) is 0 Å². The summed E-state index contributed by atoms with van der Waals surface area (Å²) in [6.45, 7) is 1.86. The van der Waals surface area contributed by atoms with E-state index in [1.807, 2.05) is 24.3 Å². The molecular formula is C21H26BrNO4. The molecule has 1 saturated heterocycles. The van der Waals surface area contributed by atoms with Crippen molar-refractivity contribution in [3.8, 4) is 23.0 Å². The molecule has 1 heterocycles. The van der Waals surface area contributed by atoms with Crippen LogP contribution in [0, 0.1) is 0 Å². The number of benzene rings is 2. The topological polar surface area (TPSA) is 40.2 Å². The lowest BCUT2D eigenvalue weighted by atomic mass is 10.0. The highest BCUT2D eigenvalue weighted by Gasteiger charge is 2.29. The predicted molar refractivity (Wildman–Crippen MR) is 109 cm³/mol. The molecule has 1 aliphatic rings. The molecule has 5 nitrogen and oxygen atoms in total. The number of ether oxygens (including phenoxy) is 4. The van der Waals surface area contributed by atoms with E-state index < -0.39 is 0 Å². The Hall–Kier alpha value is -1.92. The summed E-state index contributed by atoms with van der Waals surface area (Å²) in [5.74, 6) is 3.15. The number of likely N-dealkylation sites (tertiary alicyclic amines) is 1. The Kier molecular flexibility index (Phi) is 6.50. The first-order chi connectivity index (χ1) is 13.1. The van der Waals surface area contributed by atoms with E-state index >= 15 is 0 Å². The molecule has 3 rings (SSSR count). The van der Waals surface area contributed by atoms with Gasteiger partial charge in [0.05, 0.1) is 28.4 Å². The van der Waals surface area contributed by atoms with Crippen LogP contribution in [-0.4, -0.2) is 39.9 Å². The largest absolute Gasteiger partial charge is 0.497 e. The van der Waals surface area contributed by atoms with Crippen LogP contribution in [0.1, 0.15) is 30.0 Å². The summed E-state index contributed by atoms with van der Waals surface area (Å²) in [7, 11) is 6.69. The zero-order valence-corrected chi connectivity index (χ0v) is 17.8. The Bertz CT molecular complexity index is 796. The Morgan fingerprint density at radius 2 is 1.63 bits per heavy atom. The van der Waals surface area contributed by atoms with Crippen molar-refractivity contribution in [2.75, 3.05) is 35.0 Å². The van der Waals surface area contributed by atoms with Crippen LogP contribution in [0.4, 0.5) is 0 Å². The second-order valence-electron chi connectivity index (χ2n) is 6.53. The van der Waals surface area contributed by atoms with E-state index in [2.05, 4.69) is 26.9 Å². The summed E-state index contributed by atoms with van der Waals surface area (Å²) >= 11 is 3.68. The maximum absolute atomic E-state index is 5.64. The summed E-state index contributed by atoms with van der Waals surface area (Å²) in [6, 6.07) is 10.4. The molecule has 6 heteroatoms. The van der Waals surface area contributed by atoms with Crippen molar-refractivity contribution in [3.63, 3.8) is 0 Å². The number of hydrogen-bond donors (Lipinski definition) is 0. The van der Waals surface area contributed by atoms with Crippen LogP contribution in [0.2, 0.25) is 0 Å². The fourth-order valence-electron chi connectivity index (χ4n) is 3.70. The lowest BCUT2D eigenvalue weighted by molar-refractivity contribution is 0.241. The fourth-order valence-corrected chi connectivity index (χ4v) is 4.15. The maximum Gasteiger partial charge on any atom is 0.161 e. The molecule has 1 aliphatic heterocycles. The van der Waals surface area contributed by atoms with E-state index in [1.54, 1.807) is 28.4 Å². The first-order valence-electron chi connectivity index (χ1n) is 8.97. The monoisotopic (exact) mass is 435 g/mol. The second kappa shape index (κ2) is 8.85. The molecule has 146 valence electrons. The van der Waals surface area contributed by atoms with E-state index in [4.69, 9.17) is 18.9 Å². The van der Waals surface area contributed by atoms with Crippen molar-refractivity contribution >= 4 is 15.9 Å². The van der Waals surface area contributed by atoms with Gasteiger partial charge in [-0.1, -0.05) is 22.0 Å². The minimum atomic E-state index is 0.311. The highest BCUT2D eigenvalue weighted by Crippen LogP contribution is 2.41. The summed E-state index contributed by atoms with van der Waals surface area (Å²) in [4.78, 5) is 2.48. The molecule has 1 fully saturated rings. The van der Waals surface area contributed by atoms with Crippen LogP contribution in [0.15, 0.2) is 34.8 Å². The van der Waals surface area contributed by atoms with E-state index in [1.165, 1.54) is 11.1 Å². The normalized spacial score (nSPS) is 17.0. The van der Waals surface area contributed by atoms with Gasteiger partial charge in [0.15, 0.2) is 11.5 Å². The SMILES string of the molecule is COc1ccc([C@H]2CCCN2Cc2cc(OC)c(OC)cc2Br)c(OC)c1. The van der Waals surface area contributed by atoms with Crippen molar-refractivity contribution in [3.05, 3.63) is 45.9 Å². The molecule has 0 radical (unpaired) electrons. The van der Waals surface area contributed by atoms with Gasteiger partial charge in [0.1, 0.15) is 11.5 Å². The number of nitrogens with zero attached hydrogens (tertiary/aromatic N) is 1. The first kappa shape index (κ1) is 19.8. The Morgan fingerprint density at radius 3 is 2.30 bits per heavy atom. The van der Waals surface area contributed by atoms with E-state index in [9.17, 15) is 0 Å². The molecule has 0 N–H and O–H groups in total. The fraction of sp³-hybridized carbons (Fsp3) is 0.429. The molecule has 2 aromatic rings. The molecule has 0 amide bonds. The van der Waals surface area contributed by atoms with Gasteiger partial charge in [-0.15, -0.1) is 0 Å². The lowest BCUT2D eigenvalue weighted by Gasteiger charge is -2.27. The maximum atomic E-state index is 5.64. The summed E-state index contributed by atoms with van der Waals surface area (Å²) < 4.78 is 22.9. The van der Waals surface area contributed by atoms with Gasteiger partial charge in [0, 0.05) is 28.7 Å². The molecule has 0 bridgehead atoms. The van der Waals surface area contributed by atoms with Gasteiger partial charge in [-0.2, -0.15) is 0 Å². The minimum Gasteiger partial charge on any atom is -0.497 e. The van der Waals surface area contributed by atoms with Gasteiger partial charge >= 0.3 is 0 Å². The molecule has 0 unspecified atom stereocenters. The Morgan fingerprint density at radius 1 is 0.926 bits per heavy atom. The molecule has 27 heavy (non-hydrogen) atoms. The second-order valence-corrected chi connectivity index (χ2v) is 7.39. The smallest absolute Gasteiger partial charge is 0.161 e. The molecule has 0 aliphatic carbocycles. The molecule has 0 spiro atoms. The average molecular weight is 436 g/mol. The Balaban J connectivity index is 1.88. The molecular weight excluding hydrogens is 410 g/mol. The van der Waals surface area contributed by atoms with Crippen LogP contribution < -0.4 is 18.9 Å². The molecule has 2 aromatic carbocycles. The predicted octanol–water partition coefficient (Wildman–Crippen LogP) is 4.82. The van der Waals surface area contributed by atoms with Crippen molar-refractivity contribution < 1.29 is 18.9 Å². The highest BCUT2D eigenvalue weighted by atomic mass is 79.9. The number of rotatable bonds is 7. The van der Waals surface area contributed by atoms with Gasteiger partial charge in [-0.3, -0.25) is 4.90 Å². The number of methoxy groups -OCH3 is 4. The number of hydrogen-bond acceptors (Lipinski definition) is 5. The third-order valence-corrected chi connectivity index (χ3v) is 5.83. The summed E-state index contributed by atoms with van der Waals surface area (Å²) in [5, 5.41) is 0. The highest BCUT2D eigenvalue weighted by molar-refractivity contribution is 9.10. The standard InChI is InChI=1S/C21H26BrNO4/c1-24-15-7-8-16(19(11-15)25-2)18-6-5-9-23(18)13-14-10-20(26-3)21(27-4)12-17(14)22/h7-8,10-12,18H,5-6,9,13H2,1-4H3/t18-/m1/s1. The Labute approximate surface area is 169 Å². The third kappa shape index (κ3) is 4.17. The number of halogens is 1. The van der Waals surface area contributed by atoms with Crippen molar-refractivity contribution in [2.24, 2.45) is 0 Å². The van der Waals surface area contributed by atoms with Gasteiger partial charge in [0.25, 0.3) is 0 Å². The van der Waals surface area contributed by atoms with Crippen LogP contribution >= 0.6 is 15.9 Å². The minimum absolute atomic E-state index is 0.311. The average Bonchev–Trinajstić information content (AvgIpc) is 3.16. The van der Waals surface area contributed by atoms with Gasteiger partial charge in [-0.05, 0) is 43.1 Å². The first-order valence-corrected chi connectivity index (χ1v) is 9.77.